The fourth-order valence-electron chi connectivity index (χ4n) is 1.02. The summed E-state index contributed by atoms with van der Waals surface area (Å²) in [5.41, 5.74) is 0.338. The quantitative estimate of drug-likeness (QED) is 0.774. The summed E-state index contributed by atoms with van der Waals surface area (Å²) in [6, 6.07) is 4.42. The largest absolute Gasteiger partial charge is 0.497 e. The van der Waals surface area contributed by atoms with Crippen LogP contribution in [0.5, 0.6) is 5.75 Å². The number of methoxy groups -OCH3 is 1. The third-order valence-electron chi connectivity index (χ3n) is 1.76. The molecule has 78 valence electrons. The lowest BCUT2D eigenvalue weighted by Gasteiger charge is -2.10. The first-order valence-corrected chi connectivity index (χ1v) is 4.39. The fraction of sp³-hybridized carbons (Fsp3) is 0.400. The van der Waals surface area contributed by atoms with Crippen LogP contribution in [0.15, 0.2) is 18.2 Å². The van der Waals surface area contributed by atoms with Crippen LogP contribution in [0.2, 0.25) is 0 Å². The van der Waals surface area contributed by atoms with Crippen LogP contribution in [0.1, 0.15) is 6.92 Å². The lowest BCUT2D eigenvalue weighted by molar-refractivity contribution is 0.208. The van der Waals surface area contributed by atoms with E-state index in [1.54, 1.807) is 19.1 Å². The molecule has 0 aliphatic rings. The van der Waals surface area contributed by atoms with Crippen LogP contribution in [0, 0.1) is 5.82 Å². The predicted octanol–water partition coefficient (Wildman–Crippen LogP) is 1.63. The molecule has 1 aromatic carbocycles. The number of nitrogens with one attached hydrogen (secondary N) is 1. The van der Waals surface area contributed by atoms with Gasteiger partial charge < -0.3 is 15.2 Å². The predicted molar refractivity (Wildman–Crippen MR) is 53.1 cm³/mol. The van der Waals surface area contributed by atoms with E-state index in [1.807, 2.05) is 0 Å². The number of aliphatic hydroxyl groups excluding tert-OH is 1. The van der Waals surface area contributed by atoms with Crippen LogP contribution in [-0.4, -0.2) is 24.9 Å². The molecule has 0 fully saturated rings. The summed E-state index contributed by atoms with van der Waals surface area (Å²) in [7, 11) is 1.52. The molecule has 0 aliphatic carbocycles. The Balaban J connectivity index is 2.73. The number of benzene rings is 1. The van der Waals surface area contributed by atoms with Gasteiger partial charge in [0.25, 0.3) is 0 Å². The van der Waals surface area contributed by atoms with Crippen LogP contribution in [0.3, 0.4) is 0 Å². The third-order valence-corrected chi connectivity index (χ3v) is 1.76. The van der Waals surface area contributed by atoms with Gasteiger partial charge in [-0.3, -0.25) is 0 Å². The number of hydrogen-bond donors (Lipinski definition) is 2. The van der Waals surface area contributed by atoms with Crippen molar-refractivity contribution in [3.63, 3.8) is 0 Å². The molecule has 0 aromatic heterocycles. The average Bonchev–Trinajstić information content (AvgIpc) is 2.16. The molecule has 0 unspecified atom stereocenters. The zero-order valence-corrected chi connectivity index (χ0v) is 8.25. The second-order valence-electron chi connectivity index (χ2n) is 3.08. The van der Waals surface area contributed by atoms with Gasteiger partial charge in [-0.05, 0) is 19.1 Å². The van der Waals surface area contributed by atoms with E-state index in [4.69, 9.17) is 9.84 Å². The Morgan fingerprint density at radius 3 is 2.86 bits per heavy atom. The zero-order chi connectivity index (χ0) is 10.6. The maximum absolute atomic E-state index is 13.2. The van der Waals surface area contributed by atoms with Gasteiger partial charge in [0, 0.05) is 12.6 Å². The summed E-state index contributed by atoms with van der Waals surface area (Å²) < 4.78 is 18.1. The maximum Gasteiger partial charge on any atom is 0.146 e. The molecule has 0 radical (unpaired) electrons. The topological polar surface area (TPSA) is 41.5 Å². The molecule has 1 atom stereocenters. The molecule has 4 heteroatoms. The Morgan fingerprint density at radius 2 is 2.29 bits per heavy atom. The highest BCUT2D eigenvalue weighted by Crippen LogP contribution is 2.20. The van der Waals surface area contributed by atoms with Gasteiger partial charge in [0.1, 0.15) is 11.6 Å². The first kappa shape index (κ1) is 10.8. The maximum atomic E-state index is 13.2. The smallest absolute Gasteiger partial charge is 0.146 e. The van der Waals surface area contributed by atoms with Crippen LogP contribution in [0.4, 0.5) is 10.1 Å². The third kappa shape index (κ3) is 2.88. The summed E-state index contributed by atoms with van der Waals surface area (Å²) >= 11 is 0. The lowest BCUT2D eigenvalue weighted by atomic mass is 10.2. The molecule has 1 aromatic rings. The van der Waals surface area contributed by atoms with E-state index in [1.165, 1.54) is 13.2 Å². The van der Waals surface area contributed by atoms with Crippen LogP contribution in [0.25, 0.3) is 0 Å². The minimum atomic E-state index is -0.513. The van der Waals surface area contributed by atoms with Gasteiger partial charge in [0.05, 0.1) is 18.9 Å². The molecular weight excluding hydrogens is 185 g/mol. The highest BCUT2D eigenvalue weighted by atomic mass is 19.1. The molecular formula is C10H14FNO2. The van der Waals surface area contributed by atoms with Crippen LogP contribution < -0.4 is 10.1 Å². The highest BCUT2D eigenvalue weighted by Gasteiger charge is 2.04. The molecule has 1 rings (SSSR count). The van der Waals surface area contributed by atoms with Crippen LogP contribution in [-0.2, 0) is 0 Å². The normalized spacial score (nSPS) is 12.3. The highest BCUT2D eigenvalue weighted by molar-refractivity contribution is 5.49. The van der Waals surface area contributed by atoms with E-state index in [0.717, 1.165) is 0 Å². The van der Waals surface area contributed by atoms with Gasteiger partial charge in [-0.15, -0.1) is 0 Å². The zero-order valence-electron chi connectivity index (χ0n) is 8.25. The van der Waals surface area contributed by atoms with E-state index in [2.05, 4.69) is 5.32 Å². The molecule has 2 N–H and O–H groups in total. The standard InChI is InChI=1S/C10H14FNO2/c1-7(13)6-12-10-5-8(14-2)3-4-9(10)11/h3-5,7,12-13H,6H2,1-2H3/t7-/m1/s1. The van der Waals surface area contributed by atoms with Gasteiger partial charge >= 0.3 is 0 Å². The summed E-state index contributed by atoms with van der Waals surface area (Å²) in [5.74, 6) is 0.228. The number of halogens is 1. The van der Waals surface area contributed by atoms with Gasteiger partial charge in [0.15, 0.2) is 0 Å². The van der Waals surface area contributed by atoms with E-state index in [0.29, 0.717) is 18.0 Å². The van der Waals surface area contributed by atoms with E-state index in [9.17, 15) is 4.39 Å². The molecule has 14 heavy (non-hydrogen) atoms. The number of rotatable bonds is 4. The molecule has 0 spiro atoms. The summed E-state index contributed by atoms with van der Waals surface area (Å²) in [6.45, 7) is 1.94. The molecule has 0 amide bonds. The molecule has 0 aliphatic heterocycles. The van der Waals surface area contributed by atoms with Gasteiger partial charge in [0.2, 0.25) is 0 Å². The number of ether oxygens (including phenoxy) is 1. The Kier molecular flexibility index (Phi) is 3.71. The van der Waals surface area contributed by atoms with E-state index < -0.39 is 6.10 Å². The summed E-state index contributed by atoms with van der Waals surface area (Å²) in [4.78, 5) is 0. The Labute approximate surface area is 82.5 Å². The van der Waals surface area contributed by atoms with Crippen molar-refractivity contribution >= 4 is 5.69 Å². The second-order valence-corrected chi connectivity index (χ2v) is 3.08. The van der Waals surface area contributed by atoms with Gasteiger partial charge in [-0.1, -0.05) is 0 Å². The first-order valence-electron chi connectivity index (χ1n) is 4.39. The molecule has 0 saturated heterocycles. The summed E-state index contributed by atoms with van der Waals surface area (Å²) in [6.07, 6.45) is -0.513. The van der Waals surface area contributed by atoms with Crippen molar-refractivity contribution in [1.29, 1.82) is 0 Å². The summed E-state index contributed by atoms with van der Waals surface area (Å²) in [5, 5.41) is 11.8. The van der Waals surface area contributed by atoms with Gasteiger partial charge in [-0.25, -0.2) is 4.39 Å². The monoisotopic (exact) mass is 199 g/mol. The number of anilines is 1. The number of hydrogen-bond acceptors (Lipinski definition) is 3. The van der Waals surface area contributed by atoms with E-state index >= 15 is 0 Å². The molecule has 0 bridgehead atoms. The fourth-order valence-corrected chi connectivity index (χ4v) is 1.02. The molecule has 0 saturated carbocycles. The Hall–Kier alpha value is -1.29. The van der Waals surface area contributed by atoms with Crippen molar-refractivity contribution in [2.75, 3.05) is 19.0 Å². The second kappa shape index (κ2) is 4.81. The van der Waals surface area contributed by atoms with Crippen molar-refractivity contribution in [2.24, 2.45) is 0 Å². The van der Waals surface area contributed by atoms with Crippen molar-refractivity contribution in [1.82, 2.24) is 0 Å². The van der Waals surface area contributed by atoms with Crippen LogP contribution >= 0.6 is 0 Å². The SMILES string of the molecule is COc1ccc(F)c(NC[C@@H](C)O)c1. The van der Waals surface area contributed by atoms with Crippen molar-refractivity contribution < 1.29 is 14.2 Å². The molecule has 0 heterocycles. The Bertz CT molecular complexity index is 302. The van der Waals surface area contributed by atoms with Gasteiger partial charge in [-0.2, -0.15) is 0 Å². The average molecular weight is 199 g/mol. The lowest BCUT2D eigenvalue weighted by Crippen LogP contribution is -2.16. The minimum absolute atomic E-state index is 0.310. The van der Waals surface area contributed by atoms with Crippen molar-refractivity contribution in [3.05, 3.63) is 24.0 Å². The number of aliphatic hydroxyl groups is 1. The van der Waals surface area contributed by atoms with E-state index in [-0.39, 0.29) is 5.82 Å². The van der Waals surface area contributed by atoms with Crippen molar-refractivity contribution in [3.8, 4) is 5.75 Å². The Morgan fingerprint density at radius 1 is 1.57 bits per heavy atom. The van der Waals surface area contributed by atoms with Crippen molar-refractivity contribution in [2.45, 2.75) is 13.0 Å². The minimum Gasteiger partial charge on any atom is -0.497 e. The molecule has 3 nitrogen and oxygen atoms in total. The first-order chi connectivity index (χ1) is 6.63.